The highest BCUT2D eigenvalue weighted by atomic mass is 14.5. The first-order valence-electron chi connectivity index (χ1n) is 18.4. The molecular formula is C44H60N2. The number of hydrogen-bond acceptors (Lipinski definition) is 2. The maximum atomic E-state index is 6.03. The second-order valence-electron chi connectivity index (χ2n) is 13.6. The molecule has 2 heteroatoms. The van der Waals surface area contributed by atoms with E-state index in [9.17, 15) is 0 Å². The van der Waals surface area contributed by atoms with Crippen LogP contribution in [0.15, 0.2) is 97.1 Å². The van der Waals surface area contributed by atoms with Crippen LogP contribution in [-0.2, 0) is 6.42 Å². The van der Waals surface area contributed by atoms with E-state index in [0.717, 1.165) is 17.8 Å². The van der Waals surface area contributed by atoms with Crippen LogP contribution >= 0.6 is 0 Å². The summed E-state index contributed by atoms with van der Waals surface area (Å²) in [6.45, 7) is 6.86. The number of nitrogens with two attached hydrogens (primary N) is 2. The van der Waals surface area contributed by atoms with Crippen molar-refractivity contribution in [3.63, 3.8) is 0 Å². The molecule has 3 unspecified atom stereocenters. The lowest BCUT2D eigenvalue weighted by Crippen LogP contribution is -2.06. The minimum absolute atomic E-state index is 0.417. The van der Waals surface area contributed by atoms with E-state index in [0.29, 0.717) is 17.8 Å². The molecule has 46 heavy (non-hydrogen) atoms. The van der Waals surface area contributed by atoms with Crippen LogP contribution in [0.3, 0.4) is 0 Å². The third-order valence-electron chi connectivity index (χ3n) is 9.95. The molecule has 0 saturated heterocycles. The second kappa shape index (κ2) is 19.2. The maximum Gasteiger partial charge on any atom is 0.0314 e. The topological polar surface area (TPSA) is 52.0 Å². The van der Waals surface area contributed by atoms with Gasteiger partial charge in [-0.15, -0.1) is 0 Å². The van der Waals surface area contributed by atoms with Gasteiger partial charge in [-0.05, 0) is 89.2 Å². The molecule has 4 aromatic rings. The van der Waals surface area contributed by atoms with E-state index in [1.165, 1.54) is 117 Å². The molecule has 0 spiro atoms. The summed E-state index contributed by atoms with van der Waals surface area (Å²) in [5.74, 6) is 1.37. The van der Waals surface area contributed by atoms with Crippen LogP contribution in [0.25, 0.3) is 0 Å². The van der Waals surface area contributed by atoms with Crippen LogP contribution in [0, 0.1) is 0 Å². The molecule has 2 nitrogen and oxygen atoms in total. The maximum absolute atomic E-state index is 6.03. The lowest BCUT2D eigenvalue weighted by atomic mass is 9.83. The van der Waals surface area contributed by atoms with Crippen LogP contribution in [-0.4, -0.2) is 0 Å². The van der Waals surface area contributed by atoms with Crippen molar-refractivity contribution in [1.82, 2.24) is 0 Å². The van der Waals surface area contributed by atoms with Crippen LogP contribution in [0.4, 0.5) is 11.4 Å². The predicted octanol–water partition coefficient (Wildman–Crippen LogP) is 12.6. The van der Waals surface area contributed by atoms with Gasteiger partial charge in [0, 0.05) is 23.2 Å². The molecular weight excluding hydrogens is 556 g/mol. The highest BCUT2D eigenvalue weighted by molar-refractivity contribution is 5.44. The third-order valence-corrected chi connectivity index (χ3v) is 9.95. The molecule has 246 valence electrons. The minimum Gasteiger partial charge on any atom is -0.399 e. The lowest BCUT2D eigenvalue weighted by molar-refractivity contribution is 0.536. The van der Waals surface area contributed by atoms with Gasteiger partial charge in [-0.3, -0.25) is 0 Å². The molecule has 3 atom stereocenters. The molecule has 4 rings (SSSR count). The van der Waals surface area contributed by atoms with Crippen LogP contribution in [0.2, 0.25) is 0 Å². The summed E-state index contributed by atoms with van der Waals surface area (Å²) in [5.41, 5.74) is 22.2. The van der Waals surface area contributed by atoms with Gasteiger partial charge in [-0.25, -0.2) is 0 Å². The summed E-state index contributed by atoms with van der Waals surface area (Å²) >= 11 is 0. The van der Waals surface area contributed by atoms with E-state index in [2.05, 4.69) is 93.6 Å². The normalized spacial score (nSPS) is 13.4. The summed E-state index contributed by atoms with van der Waals surface area (Å²) in [6, 6.07) is 36.3. The number of anilines is 2. The van der Waals surface area contributed by atoms with Gasteiger partial charge in [0.2, 0.25) is 0 Å². The van der Waals surface area contributed by atoms with Crippen molar-refractivity contribution in [3.8, 4) is 0 Å². The Labute approximate surface area is 281 Å². The molecule has 0 aromatic heterocycles. The fourth-order valence-electron chi connectivity index (χ4n) is 7.05. The zero-order valence-electron chi connectivity index (χ0n) is 29.0. The molecule has 4 N–H and O–H groups in total. The molecule has 0 amide bonds. The highest BCUT2D eigenvalue weighted by Crippen LogP contribution is 2.35. The predicted molar refractivity (Wildman–Crippen MR) is 202 cm³/mol. The van der Waals surface area contributed by atoms with Crippen molar-refractivity contribution in [1.29, 1.82) is 0 Å². The number of nitrogen functional groups attached to an aromatic ring is 2. The molecule has 0 radical (unpaired) electrons. The molecule has 0 saturated carbocycles. The molecule has 0 aliphatic rings. The van der Waals surface area contributed by atoms with Gasteiger partial charge in [0.1, 0.15) is 0 Å². The van der Waals surface area contributed by atoms with Gasteiger partial charge in [0.25, 0.3) is 0 Å². The Hall–Kier alpha value is -3.52. The smallest absolute Gasteiger partial charge is 0.0314 e. The van der Waals surface area contributed by atoms with E-state index in [-0.39, 0.29) is 0 Å². The summed E-state index contributed by atoms with van der Waals surface area (Å²) in [4.78, 5) is 0. The van der Waals surface area contributed by atoms with E-state index in [1.54, 1.807) is 0 Å². The summed E-state index contributed by atoms with van der Waals surface area (Å²) in [6.07, 6.45) is 17.6. The largest absolute Gasteiger partial charge is 0.399 e. The average Bonchev–Trinajstić information content (AvgIpc) is 3.08. The Morgan fingerprint density at radius 3 is 1.22 bits per heavy atom. The van der Waals surface area contributed by atoms with Crippen molar-refractivity contribution in [2.75, 3.05) is 11.5 Å². The lowest BCUT2D eigenvalue weighted by Gasteiger charge is -2.22. The minimum atomic E-state index is 0.417. The standard InChI is InChI=1S/C44H60N2/c1-4-7-10-11-12-13-14-40(35-21-23-37(24-22-35)44(16-9-6-3)39-27-31-42(46)32-28-39)33-34-17-19-36(20-18-34)43(15-8-5-2)38-25-29-41(45)30-26-38/h17-32,40,43-44H,4-16,33,45-46H2,1-3H3. The number of rotatable bonds is 20. The summed E-state index contributed by atoms with van der Waals surface area (Å²) in [7, 11) is 0. The van der Waals surface area contributed by atoms with Crippen LogP contribution in [0.1, 0.15) is 155 Å². The second-order valence-corrected chi connectivity index (χ2v) is 13.6. The van der Waals surface area contributed by atoms with Crippen molar-refractivity contribution in [3.05, 3.63) is 130 Å². The molecule has 0 fully saturated rings. The summed E-state index contributed by atoms with van der Waals surface area (Å²) < 4.78 is 0. The van der Waals surface area contributed by atoms with Crippen LogP contribution < -0.4 is 11.5 Å². The van der Waals surface area contributed by atoms with Gasteiger partial charge in [-0.2, -0.15) is 0 Å². The van der Waals surface area contributed by atoms with E-state index in [4.69, 9.17) is 11.5 Å². The Balaban J connectivity index is 1.53. The first-order valence-corrected chi connectivity index (χ1v) is 18.4. The number of hydrogen-bond donors (Lipinski definition) is 2. The van der Waals surface area contributed by atoms with Crippen molar-refractivity contribution < 1.29 is 0 Å². The van der Waals surface area contributed by atoms with E-state index >= 15 is 0 Å². The molecule has 0 aliphatic carbocycles. The van der Waals surface area contributed by atoms with Gasteiger partial charge in [-0.1, -0.05) is 158 Å². The average molecular weight is 617 g/mol. The van der Waals surface area contributed by atoms with Crippen LogP contribution in [0.5, 0.6) is 0 Å². The number of unbranched alkanes of at least 4 members (excludes halogenated alkanes) is 7. The van der Waals surface area contributed by atoms with Gasteiger partial charge in [0.05, 0.1) is 0 Å². The van der Waals surface area contributed by atoms with E-state index < -0.39 is 0 Å². The Bertz CT molecular complexity index is 1370. The zero-order chi connectivity index (χ0) is 32.6. The Morgan fingerprint density at radius 1 is 0.391 bits per heavy atom. The molecule has 0 heterocycles. The van der Waals surface area contributed by atoms with E-state index in [1.807, 2.05) is 24.3 Å². The fourth-order valence-corrected chi connectivity index (χ4v) is 7.05. The third kappa shape index (κ3) is 10.8. The Morgan fingerprint density at radius 2 is 0.761 bits per heavy atom. The molecule has 4 aromatic carbocycles. The fraction of sp³-hybridized carbons (Fsp3) is 0.455. The van der Waals surface area contributed by atoms with Gasteiger partial charge >= 0.3 is 0 Å². The van der Waals surface area contributed by atoms with Crippen molar-refractivity contribution in [2.24, 2.45) is 0 Å². The summed E-state index contributed by atoms with van der Waals surface area (Å²) in [5, 5.41) is 0. The quantitative estimate of drug-likeness (QED) is 0.0766. The first kappa shape index (κ1) is 35.3. The monoisotopic (exact) mass is 616 g/mol. The molecule has 0 aliphatic heterocycles. The molecule has 0 bridgehead atoms. The van der Waals surface area contributed by atoms with Crippen molar-refractivity contribution >= 4 is 11.4 Å². The zero-order valence-corrected chi connectivity index (χ0v) is 29.0. The van der Waals surface area contributed by atoms with Gasteiger partial charge < -0.3 is 11.5 Å². The highest BCUT2D eigenvalue weighted by Gasteiger charge is 2.18. The Kier molecular flexibility index (Phi) is 14.8. The van der Waals surface area contributed by atoms with Crippen molar-refractivity contribution in [2.45, 2.75) is 128 Å². The first-order chi connectivity index (χ1) is 22.5. The van der Waals surface area contributed by atoms with Gasteiger partial charge in [0.15, 0.2) is 0 Å². The number of benzene rings is 4. The SMILES string of the molecule is CCCCCCCCC(Cc1ccc(C(CCCC)c2ccc(N)cc2)cc1)c1ccc(C(CCCC)c2ccc(N)cc2)cc1.